The molecule has 1 heteroatoms. The summed E-state index contributed by atoms with van der Waals surface area (Å²) in [5.41, 5.74) is 7.20. The zero-order valence-corrected chi connectivity index (χ0v) is 29.9. The molecule has 49 heavy (non-hydrogen) atoms. The lowest BCUT2D eigenvalue weighted by Gasteiger charge is -2.68. The largest absolute Gasteiger partial charge is 0.134 e. The molecule has 8 unspecified atom stereocenters. The van der Waals surface area contributed by atoms with Gasteiger partial charge < -0.3 is 0 Å². The van der Waals surface area contributed by atoms with E-state index in [1.54, 1.807) is 50.5 Å². The molecule has 0 N–H and O–H groups in total. The van der Waals surface area contributed by atoms with Gasteiger partial charge in [0.1, 0.15) is 0 Å². The Morgan fingerprint density at radius 3 is 1.51 bits per heavy atom. The van der Waals surface area contributed by atoms with Crippen LogP contribution in [-0.2, 0) is 0 Å². The Kier molecular flexibility index (Phi) is 7.19. The Balaban J connectivity index is 0.991. The van der Waals surface area contributed by atoms with Crippen molar-refractivity contribution < 1.29 is 0 Å². The summed E-state index contributed by atoms with van der Waals surface area (Å²) in [6.07, 6.45) is 19.9. The van der Waals surface area contributed by atoms with Crippen LogP contribution in [0.25, 0.3) is 42.4 Å². The van der Waals surface area contributed by atoms with Crippen LogP contribution in [0.5, 0.6) is 0 Å². The van der Waals surface area contributed by atoms with Gasteiger partial charge in [0.15, 0.2) is 0 Å². The summed E-state index contributed by atoms with van der Waals surface area (Å²) in [6.45, 7) is 0. The SMILES string of the molecule is c1ccc(-c2cccc3c2sc2c(-c4cccc(C5CC6C7CCCCC7C7CCCC8C9CCCCC9C(C5)C6C78)c4)cccc23)cc1. The summed E-state index contributed by atoms with van der Waals surface area (Å²) < 4.78 is 2.87. The second kappa shape index (κ2) is 11.8. The molecule has 5 aromatic rings. The standard InChI is InChI=1S/C48H52S/c1-2-12-29(13-3-1)33-20-9-24-41-42-25-10-21-34(48(42)49-47(33)41)31-15-8-14-30(26-31)32-27-43-37-18-6-4-16-35(37)39-22-11-23-40-36-17-5-7-19-38(36)44(28-32)46(43)45(39)40/h1-3,8-10,12-15,20-21,24-26,32,35-40,43-46H,4-7,11,16-19,22-23,27-28H2. The van der Waals surface area contributed by atoms with Gasteiger partial charge in [-0.3, -0.25) is 0 Å². The van der Waals surface area contributed by atoms with Crippen molar-refractivity contribution in [1.82, 2.24) is 0 Å². The summed E-state index contributed by atoms with van der Waals surface area (Å²) in [5.74, 6) is 11.2. The Morgan fingerprint density at radius 2 is 0.898 bits per heavy atom. The first-order valence-corrected chi connectivity index (χ1v) is 21.2. The lowest BCUT2D eigenvalue weighted by molar-refractivity contribution is -0.189. The quantitative estimate of drug-likeness (QED) is 0.181. The van der Waals surface area contributed by atoms with Crippen molar-refractivity contribution in [2.45, 2.75) is 89.4 Å². The predicted octanol–water partition coefficient (Wildman–Crippen LogP) is 13.8. The monoisotopic (exact) mass is 660 g/mol. The summed E-state index contributed by atoms with van der Waals surface area (Å²) in [4.78, 5) is 0. The van der Waals surface area contributed by atoms with Crippen LogP contribution in [0.1, 0.15) is 95.0 Å². The van der Waals surface area contributed by atoms with Crippen LogP contribution >= 0.6 is 11.3 Å². The first-order chi connectivity index (χ1) is 24.3. The molecule has 4 aromatic carbocycles. The van der Waals surface area contributed by atoms with Crippen LogP contribution in [-0.4, -0.2) is 0 Å². The van der Waals surface area contributed by atoms with Crippen molar-refractivity contribution in [3.8, 4) is 22.3 Å². The third-order valence-corrected chi connectivity index (χ3v) is 17.1. The Morgan fingerprint density at radius 1 is 0.408 bits per heavy atom. The van der Waals surface area contributed by atoms with Gasteiger partial charge in [0.05, 0.1) is 0 Å². The van der Waals surface area contributed by atoms with Gasteiger partial charge >= 0.3 is 0 Å². The van der Waals surface area contributed by atoms with Gasteiger partial charge in [0, 0.05) is 20.2 Å². The molecule has 6 fully saturated rings. The normalized spacial score (nSPS) is 36.5. The van der Waals surface area contributed by atoms with E-state index in [1.807, 2.05) is 11.3 Å². The van der Waals surface area contributed by atoms with Crippen LogP contribution in [0, 0.1) is 59.2 Å². The Hall–Kier alpha value is -2.90. The van der Waals surface area contributed by atoms with Gasteiger partial charge in [0.2, 0.25) is 0 Å². The third kappa shape index (κ3) is 4.59. The number of fused-ring (bicyclic) bond motifs is 9. The van der Waals surface area contributed by atoms with Crippen molar-refractivity contribution in [2.75, 3.05) is 0 Å². The van der Waals surface area contributed by atoms with E-state index in [-0.39, 0.29) is 0 Å². The van der Waals surface area contributed by atoms with E-state index >= 15 is 0 Å². The van der Waals surface area contributed by atoms with Crippen LogP contribution < -0.4 is 0 Å². The highest BCUT2D eigenvalue weighted by molar-refractivity contribution is 7.26. The predicted molar refractivity (Wildman–Crippen MR) is 208 cm³/mol. The zero-order valence-electron chi connectivity index (χ0n) is 29.1. The second-order valence-electron chi connectivity index (χ2n) is 17.6. The highest BCUT2D eigenvalue weighted by atomic mass is 32.1. The minimum Gasteiger partial charge on any atom is -0.134 e. The van der Waals surface area contributed by atoms with Gasteiger partial charge in [0.25, 0.3) is 0 Å². The molecule has 0 aliphatic heterocycles. The van der Waals surface area contributed by atoms with Crippen molar-refractivity contribution in [3.05, 3.63) is 96.6 Å². The van der Waals surface area contributed by atoms with E-state index in [0.717, 1.165) is 65.1 Å². The highest BCUT2D eigenvalue weighted by Crippen LogP contribution is 2.70. The van der Waals surface area contributed by atoms with Crippen molar-refractivity contribution in [1.29, 1.82) is 0 Å². The van der Waals surface area contributed by atoms with Crippen molar-refractivity contribution in [3.63, 3.8) is 0 Å². The maximum Gasteiger partial charge on any atom is 0.0434 e. The number of hydrogen-bond donors (Lipinski definition) is 0. The molecule has 1 heterocycles. The van der Waals surface area contributed by atoms with Gasteiger partial charge in [-0.15, -0.1) is 11.3 Å². The fourth-order valence-corrected chi connectivity index (χ4v) is 15.7. The van der Waals surface area contributed by atoms with E-state index in [9.17, 15) is 0 Å². The molecule has 8 atom stereocenters. The molecule has 0 bridgehead atoms. The van der Waals surface area contributed by atoms with Gasteiger partial charge in [-0.1, -0.05) is 123 Å². The molecule has 1 aromatic heterocycles. The summed E-state index contributed by atoms with van der Waals surface area (Å²) >= 11 is 2.01. The molecular formula is C48H52S. The first-order valence-electron chi connectivity index (χ1n) is 20.4. The van der Waals surface area contributed by atoms with Crippen molar-refractivity contribution in [2.24, 2.45) is 59.2 Å². The first kappa shape index (κ1) is 29.8. The van der Waals surface area contributed by atoms with E-state index in [1.165, 1.54) is 81.0 Å². The molecule has 0 amide bonds. The molecule has 0 nitrogen and oxygen atoms in total. The van der Waals surface area contributed by atoms with Crippen LogP contribution in [0.2, 0.25) is 0 Å². The van der Waals surface area contributed by atoms with Crippen LogP contribution in [0.3, 0.4) is 0 Å². The van der Waals surface area contributed by atoms with E-state index in [4.69, 9.17) is 0 Å². The minimum absolute atomic E-state index is 0.735. The molecule has 0 radical (unpaired) electrons. The summed E-state index contributed by atoms with van der Waals surface area (Å²) in [6, 6.07) is 35.0. The van der Waals surface area contributed by atoms with Crippen molar-refractivity contribution >= 4 is 31.5 Å². The average molecular weight is 661 g/mol. The number of thiophene rings is 1. The molecule has 0 saturated heterocycles. The maximum absolute atomic E-state index is 2.66. The van der Waals surface area contributed by atoms with E-state index in [0.29, 0.717) is 0 Å². The van der Waals surface area contributed by atoms with Gasteiger partial charge in [-0.05, 0) is 144 Å². The average Bonchev–Trinajstić information content (AvgIpc) is 3.57. The lowest BCUT2D eigenvalue weighted by atomic mass is 9.37. The van der Waals surface area contributed by atoms with E-state index in [2.05, 4.69) is 91.0 Å². The number of hydrogen-bond acceptors (Lipinski definition) is 1. The van der Waals surface area contributed by atoms with Gasteiger partial charge in [-0.2, -0.15) is 0 Å². The van der Waals surface area contributed by atoms with Gasteiger partial charge in [-0.25, -0.2) is 0 Å². The number of benzene rings is 4. The van der Waals surface area contributed by atoms with Crippen LogP contribution in [0.4, 0.5) is 0 Å². The van der Waals surface area contributed by atoms with E-state index < -0.39 is 0 Å². The topological polar surface area (TPSA) is 0 Å². The smallest absolute Gasteiger partial charge is 0.0434 e. The number of rotatable bonds is 3. The fourth-order valence-electron chi connectivity index (χ4n) is 14.4. The fraction of sp³-hybridized carbons (Fsp3) is 0.500. The highest BCUT2D eigenvalue weighted by Gasteiger charge is 2.63. The second-order valence-corrected chi connectivity index (χ2v) is 18.6. The molecule has 0 spiro atoms. The zero-order chi connectivity index (χ0) is 32.1. The Bertz CT molecular complexity index is 1960. The summed E-state index contributed by atoms with van der Waals surface area (Å²) in [7, 11) is 0. The van der Waals surface area contributed by atoms with Crippen LogP contribution in [0.15, 0.2) is 91.0 Å². The lowest BCUT2D eigenvalue weighted by Crippen LogP contribution is -2.61. The minimum atomic E-state index is 0.735. The third-order valence-electron chi connectivity index (χ3n) is 15.8. The molecular weight excluding hydrogens is 609 g/mol. The molecule has 6 aliphatic carbocycles. The Labute approximate surface area is 297 Å². The molecule has 6 aliphatic rings. The summed E-state index contributed by atoms with van der Waals surface area (Å²) in [5, 5.41) is 2.81. The molecule has 11 rings (SSSR count). The maximum atomic E-state index is 2.66. The molecule has 250 valence electrons. The molecule has 6 saturated carbocycles.